The van der Waals surface area contributed by atoms with Gasteiger partial charge in [0.15, 0.2) is 5.76 Å². The zero-order chi connectivity index (χ0) is 13.8. The lowest BCUT2D eigenvalue weighted by Crippen LogP contribution is -2.27. The molecule has 0 aromatic heterocycles. The van der Waals surface area contributed by atoms with Gasteiger partial charge in [-0.3, -0.25) is 0 Å². The summed E-state index contributed by atoms with van der Waals surface area (Å²) < 4.78 is 0. The smallest absolute Gasteiger partial charge is 0.152 e. The quantitative estimate of drug-likeness (QED) is 0.819. The van der Waals surface area contributed by atoms with Gasteiger partial charge in [0.25, 0.3) is 0 Å². The lowest BCUT2D eigenvalue weighted by atomic mass is 10.1. The van der Waals surface area contributed by atoms with Crippen LogP contribution in [0.15, 0.2) is 66.7 Å². The van der Waals surface area contributed by atoms with Crippen LogP contribution in [0.1, 0.15) is 24.5 Å². The summed E-state index contributed by atoms with van der Waals surface area (Å²) in [5.74, 6) is 0.966. The monoisotopic (exact) mass is 265 g/mol. The second-order valence-electron chi connectivity index (χ2n) is 5.02. The van der Waals surface area contributed by atoms with E-state index in [0.29, 0.717) is 6.04 Å². The van der Waals surface area contributed by atoms with E-state index >= 15 is 0 Å². The van der Waals surface area contributed by atoms with E-state index in [4.69, 9.17) is 4.84 Å². The Bertz CT molecular complexity index is 577. The zero-order valence-corrected chi connectivity index (χ0v) is 11.7. The molecule has 0 bridgehead atoms. The van der Waals surface area contributed by atoms with Crippen molar-refractivity contribution in [2.45, 2.75) is 25.9 Å². The predicted octanol–water partition coefficient (Wildman–Crippen LogP) is 4.25. The van der Waals surface area contributed by atoms with Crippen LogP contribution in [0.4, 0.5) is 0 Å². The molecule has 2 nitrogen and oxygen atoms in total. The second-order valence-corrected chi connectivity index (χ2v) is 5.02. The molecule has 0 spiro atoms. The fourth-order valence-corrected chi connectivity index (χ4v) is 2.47. The minimum atomic E-state index is 0.338. The van der Waals surface area contributed by atoms with Crippen molar-refractivity contribution in [2.24, 2.45) is 0 Å². The fraction of sp³-hybridized carbons (Fsp3) is 0.222. The molecule has 1 aliphatic rings. The van der Waals surface area contributed by atoms with Crippen molar-refractivity contribution in [1.29, 1.82) is 0 Å². The highest BCUT2D eigenvalue weighted by Gasteiger charge is 2.26. The molecule has 1 heterocycles. The van der Waals surface area contributed by atoms with Gasteiger partial charge in [-0.2, -0.15) is 0 Å². The van der Waals surface area contributed by atoms with E-state index in [1.807, 2.05) is 24.3 Å². The maximum atomic E-state index is 6.05. The average Bonchev–Trinajstić information content (AvgIpc) is 2.92. The van der Waals surface area contributed by atoms with Crippen LogP contribution in [0.5, 0.6) is 0 Å². The lowest BCUT2D eigenvalue weighted by Gasteiger charge is -2.22. The molecule has 1 aliphatic heterocycles. The molecule has 0 N–H and O–H groups in total. The van der Waals surface area contributed by atoms with Gasteiger partial charge in [-0.1, -0.05) is 67.6 Å². The number of benzene rings is 2. The number of hydroxylamine groups is 2. The van der Waals surface area contributed by atoms with Crippen LogP contribution in [-0.2, 0) is 11.4 Å². The van der Waals surface area contributed by atoms with Crippen molar-refractivity contribution in [3.05, 3.63) is 77.9 Å². The summed E-state index contributed by atoms with van der Waals surface area (Å²) >= 11 is 0. The highest BCUT2D eigenvalue weighted by molar-refractivity contribution is 5.61. The van der Waals surface area contributed by atoms with Crippen LogP contribution in [0.25, 0.3) is 5.76 Å². The largest absolute Gasteiger partial charge is 0.405 e. The number of hydrogen-bond acceptors (Lipinski definition) is 2. The van der Waals surface area contributed by atoms with Crippen LogP contribution in [0, 0.1) is 0 Å². The van der Waals surface area contributed by atoms with Gasteiger partial charge in [-0.15, -0.1) is 5.06 Å². The minimum absolute atomic E-state index is 0.338. The maximum Gasteiger partial charge on any atom is 0.152 e. The first-order valence-electron chi connectivity index (χ1n) is 7.12. The summed E-state index contributed by atoms with van der Waals surface area (Å²) in [4.78, 5) is 6.05. The Labute approximate surface area is 120 Å². The summed E-state index contributed by atoms with van der Waals surface area (Å²) in [6.45, 7) is 3.00. The highest BCUT2D eigenvalue weighted by atomic mass is 16.7. The Kier molecular flexibility index (Phi) is 3.84. The van der Waals surface area contributed by atoms with Crippen LogP contribution in [0.2, 0.25) is 0 Å². The van der Waals surface area contributed by atoms with Crippen molar-refractivity contribution < 1.29 is 4.84 Å². The van der Waals surface area contributed by atoms with E-state index in [-0.39, 0.29) is 0 Å². The van der Waals surface area contributed by atoms with Gasteiger partial charge in [-0.05, 0) is 18.1 Å². The molecule has 20 heavy (non-hydrogen) atoms. The molecule has 0 amide bonds. The van der Waals surface area contributed by atoms with E-state index in [1.165, 1.54) is 5.56 Å². The standard InChI is InChI=1S/C18H19NO/c1-2-17-13-18(16-11-7-4-8-12-16)20-19(17)14-15-9-5-3-6-10-15/h3-13,17H,2,14H2,1H3. The third kappa shape index (κ3) is 2.75. The van der Waals surface area contributed by atoms with Gasteiger partial charge in [-0.25, -0.2) is 0 Å². The van der Waals surface area contributed by atoms with Crippen LogP contribution < -0.4 is 0 Å². The van der Waals surface area contributed by atoms with Gasteiger partial charge >= 0.3 is 0 Å². The van der Waals surface area contributed by atoms with Crippen LogP contribution in [-0.4, -0.2) is 11.1 Å². The first-order chi connectivity index (χ1) is 9.86. The molecule has 0 saturated heterocycles. The van der Waals surface area contributed by atoms with Crippen molar-refractivity contribution in [2.75, 3.05) is 0 Å². The summed E-state index contributed by atoms with van der Waals surface area (Å²) in [5, 5.41) is 2.07. The highest BCUT2D eigenvalue weighted by Crippen LogP contribution is 2.29. The third-order valence-electron chi connectivity index (χ3n) is 3.59. The molecule has 3 rings (SSSR count). The first kappa shape index (κ1) is 12.9. The first-order valence-corrected chi connectivity index (χ1v) is 7.12. The van der Waals surface area contributed by atoms with Gasteiger partial charge < -0.3 is 4.84 Å². The molecule has 1 atom stereocenters. The number of nitrogens with zero attached hydrogens (tertiary/aromatic N) is 1. The van der Waals surface area contributed by atoms with Crippen molar-refractivity contribution >= 4 is 5.76 Å². The van der Waals surface area contributed by atoms with Crippen LogP contribution >= 0.6 is 0 Å². The molecular formula is C18H19NO. The van der Waals surface area contributed by atoms with E-state index < -0.39 is 0 Å². The van der Waals surface area contributed by atoms with E-state index in [2.05, 4.69) is 54.5 Å². The molecule has 102 valence electrons. The van der Waals surface area contributed by atoms with Crippen molar-refractivity contribution in [3.63, 3.8) is 0 Å². The average molecular weight is 265 g/mol. The molecule has 0 radical (unpaired) electrons. The number of hydrogen-bond donors (Lipinski definition) is 0. The summed E-state index contributed by atoms with van der Waals surface area (Å²) in [6.07, 6.45) is 3.27. The van der Waals surface area contributed by atoms with Gasteiger partial charge in [0.1, 0.15) is 0 Å². The zero-order valence-electron chi connectivity index (χ0n) is 11.7. The fourth-order valence-electron chi connectivity index (χ4n) is 2.47. The summed E-state index contributed by atoms with van der Waals surface area (Å²) in [7, 11) is 0. The van der Waals surface area contributed by atoms with Gasteiger partial charge in [0.2, 0.25) is 0 Å². The van der Waals surface area contributed by atoms with Crippen LogP contribution in [0.3, 0.4) is 0 Å². The number of rotatable bonds is 4. The third-order valence-corrected chi connectivity index (χ3v) is 3.59. The van der Waals surface area contributed by atoms with Gasteiger partial charge in [0.05, 0.1) is 12.6 Å². The Morgan fingerprint density at radius 2 is 1.60 bits per heavy atom. The SMILES string of the molecule is CCC1C=C(c2ccccc2)ON1Cc1ccccc1. The Balaban J connectivity index is 1.76. The molecular weight excluding hydrogens is 246 g/mol. The van der Waals surface area contributed by atoms with E-state index in [9.17, 15) is 0 Å². The van der Waals surface area contributed by atoms with E-state index in [1.54, 1.807) is 0 Å². The maximum absolute atomic E-state index is 6.05. The Morgan fingerprint density at radius 1 is 0.950 bits per heavy atom. The second kappa shape index (κ2) is 5.93. The summed E-state index contributed by atoms with van der Waals surface area (Å²) in [6, 6.07) is 21.1. The van der Waals surface area contributed by atoms with Crippen molar-refractivity contribution in [1.82, 2.24) is 5.06 Å². The molecule has 2 aromatic rings. The molecule has 2 heteroatoms. The topological polar surface area (TPSA) is 12.5 Å². The molecule has 0 saturated carbocycles. The lowest BCUT2D eigenvalue weighted by molar-refractivity contribution is -0.0999. The Morgan fingerprint density at radius 3 is 2.25 bits per heavy atom. The van der Waals surface area contributed by atoms with Crippen molar-refractivity contribution in [3.8, 4) is 0 Å². The molecule has 1 unspecified atom stereocenters. The normalized spacial score (nSPS) is 18.6. The molecule has 0 fully saturated rings. The van der Waals surface area contributed by atoms with Gasteiger partial charge in [0, 0.05) is 5.56 Å². The molecule has 0 aliphatic carbocycles. The van der Waals surface area contributed by atoms with E-state index in [0.717, 1.165) is 24.3 Å². The molecule has 2 aromatic carbocycles. The summed E-state index contributed by atoms with van der Waals surface area (Å²) in [5.41, 5.74) is 2.41. The minimum Gasteiger partial charge on any atom is -0.405 e. The predicted molar refractivity (Wildman–Crippen MR) is 81.6 cm³/mol. The Hall–Kier alpha value is -2.06.